The molecule has 0 amide bonds. The summed E-state index contributed by atoms with van der Waals surface area (Å²) >= 11 is 0. The van der Waals surface area contributed by atoms with Crippen molar-refractivity contribution in [2.45, 2.75) is 6.92 Å². The van der Waals surface area contributed by atoms with E-state index in [-0.39, 0.29) is 19.1 Å². The lowest BCUT2D eigenvalue weighted by molar-refractivity contribution is 0.176. The van der Waals surface area contributed by atoms with Crippen molar-refractivity contribution in [2.75, 3.05) is 6.61 Å². The van der Waals surface area contributed by atoms with E-state index in [9.17, 15) is 22.1 Å². The number of hydrogen-bond donors (Lipinski definition) is 0. The second-order valence-corrected chi connectivity index (χ2v) is 3.47. The van der Waals surface area contributed by atoms with E-state index in [1.807, 2.05) is 0 Å². The van der Waals surface area contributed by atoms with Crippen LogP contribution in [-0.4, -0.2) is 6.61 Å². The summed E-state index contributed by atoms with van der Waals surface area (Å²) in [5.74, 6) is 0. The highest BCUT2D eigenvalue weighted by atomic mass is 31.2. The molecule has 0 aromatic rings. The van der Waals surface area contributed by atoms with E-state index in [1.54, 1.807) is 0 Å². The summed E-state index contributed by atoms with van der Waals surface area (Å²) in [6, 6.07) is 0. The van der Waals surface area contributed by atoms with Crippen molar-refractivity contribution >= 4 is 7.82 Å². The highest BCUT2D eigenvalue weighted by Gasteiger charge is 2.27. The summed E-state index contributed by atoms with van der Waals surface area (Å²) in [6.45, 7) is 1.13. The first kappa shape index (κ1) is 14.0. The summed E-state index contributed by atoms with van der Waals surface area (Å²) in [7, 11) is -4.44. The van der Waals surface area contributed by atoms with Crippen LogP contribution in [0.15, 0.2) is 24.7 Å². The van der Waals surface area contributed by atoms with Crippen LogP contribution in [0, 0.1) is 0 Å². The summed E-state index contributed by atoms with van der Waals surface area (Å²) in [5.41, 5.74) is 0. The molecule has 0 saturated carbocycles. The van der Waals surface area contributed by atoms with Gasteiger partial charge in [0.25, 0.3) is 0 Å². The van der Waals surface area contributed by atoms with Crippen molar-refractivity contribution < 1.29 is 35.7 Å². The van der Waals surface area contributed by atoms with E-state index >= 15 is 0 Å². The van der Waals surface area contributed by atoms with Crippen LogP contribution < -0.4 is 0 Å². The van der Waals surface area contributed by atoms with E-state index in [4.69, 9.17) is 0 Å². The van der Waals surface area contributed by atoms with Gasteiger partial charge < -0.3 is 9.05 Å². The third-order valence-corrected chi connectivity index (χ3v) is 2.13. The Balaban J connectivity index is 4.52. The lowest BCUT2D eigenvalue weighted by Crippen LogP contribution is -1.93. The average Bonchev–Trinajstić information content (AvgIpc) is 2.13. The van der Waals surface area contributed by atoms with Gasteiger partial charge in [-0.05, 0) is 6.92 Å². The Labute approximate surface area is 82.7 Å². The van der Waals surface area contributed by atoms with Crippen LogP contribution in [0.5, 0.6) is 0 Å². The number of phosphoric acid groups is 1. The monoisotopic (exact) mass is 250 g/mol. The van der Waals surface area contributed by atoms with Crippen molar-refractivity contribution in [3.05, 3.63) is 24.7 Å². The molecule has 0 unspecified atom stereocenters. The molecule has 0 bridgehead atoms. The van der Waals surface area contributed by atoms with Gasteiger partial charge in [0, 0.05) is 0 Å². The van der Waals surface area contributed by atoms with Gasteiger partial charge in [0.15, 0.2) is 12.5 Å². The van der Waals surface area contributed by atoms with E-state index in [0.717, 1.165) is 0 Å². The molecule has 0 fully saturated rings. The molecule has 0 atom stereocenters. The van der Waals surface area contributed by atoms with Crippen molar-refractivity contribution in [3.63, 3.8) is 0 Å². The molecule has 0 rings (SSSR count). The maximum Gasteiger partial charge on any atom is 0.586 e. The average molecular weight is 250 g/mol. The molecular weight excluding hydrogens is 243 g/mol. The van der Waals surface area contributed by atoms with Crippen LogP contribution in [0.3, 0.4) is 0 Å². The van der Waals surface area contributed by atoms with Crippen molar-refractivity contribution in [3.8, 4) is 0 Å². The fourth-order valence-corrected chi connectivity index (χ4v) is 1.36. The van der Waals surface area contributed by atoms with Gasteiger partial charge in [-0.25, -0.2) is 4.57 Å². The van der Waals surface area contributed by atoms with Crippen molar-refractivity contribution in [1.29, 1.82) is 0 Å². The van der Waals surface area contributed by atoms with Crippen LogP contribution in [0.2, 0.25) is 0 Å². The Bertz CT molecular complexity index is 272. The molecule has 88 valence electrons. The second-order valence-electron chi connectivity index (χ2n) is 1.89. The number of phosphoric ester groups is 1. The molecule has 4 nitrogen and oxygen atoms in total. The van der Waals surface area contributed by atoms with Crippen molar-refractivity contribution in [1.82, 2.24) is 0 Å². The number of halogens is 4. The van der Waals surface area contributed by atoms with Crippen molar-refractivity contribution in [2.24, 2.45) is 0 Å². The molecule has 0 heterocycles. The third kappa shape index (κ3) is 6.98. The number of rotatable bonds is 6. The molecule has 0 aromatic heterocycles. The maximum atomic E-state index is 11.5. The summed E-state index contributed by atoms with van der Waals surface area (Å²) in [4.78, 5) is 0. The Morgan fingerprint density at radius 2 is 1.53 bits per heavy atom. The van der Waals surface area contributed by atoms with Crippen LogP contribution in [0.4, 0.5) is 17.6 Å². The quantitative estimate of drug-likeness (QED) is 0.410. The zero-order chi connectivity index (χ0) is 11.9. The number of hydrogen-bond acceptors (Lipinski definition) is 4. The highest BCUT2D eigenvalue weighted by Crippen LogP contribution is 2.50. The molecule has 0 radical (unpaired) electrons. The lowest BCUT2D eigenvalue weighted by atomic mass is 10.9. The molecule has 15 heavy (non-hydrogen) atoms. The summed E-state index contributed by atoms with van der Waals surface area (Å²) in [6.07, 6.45) is -5.02. The fraction of sp³-hybridized carbons (Fsp3) is 0.333. The lowest BCUT2D eigenvalue weighted by Gasteiger charge is -2.12. The van der Waals surface area contributed by atoms with E-state index < -0.39 is 20.0 Å². The van der Waals surface area contributed by atoms with Crippen LogP contribution in [0.25, 0.3) is 0 Å². The zero-order valence-electron chi connectivity index (χ0n) is 7.45. The van der Waals surface area contributed by atoms with E-state index in [1.165, 1.54) is 6.92 Å². The first-order valence-corrected chi connectivity index (χ1v) is 4.99. The largest absolute Gasteiger partial charge is 0.586 e. The standard InChI is InChI=1S/C6H7F4O4P/c1-2-12-15(11,13-3-5(7)8)14-4-6(9)10/h3-4H,2H2,1H3. The first-order chi connectivity index (χ1) is 6.89. The normalized spacial score (nSPS) is 10.5. The fourth-order valence-electron chi connectivity index (χ4n) is 0.453. The Morgan fingerprint density at radius 3 is 1.80 bits per heavy atom. The molecule has 0 aromatic carbocycles. The van der Waals surface area contributed by atoms with Gasteiger partial charge in [-0.3, -0.25) is 4.52 Å². The Hall–Kier alpha value is -1.01. The maximum absolute atomic E-state index is 11.5. The predicted octanol–water partition coefficient (Wildman–Crippen LogP) is 3.64. The zero-order valence-corrected chi connectivity index (χ0v) is 8.35. The summed E-state index contributed by atoms with van der Waals surface area (Å²) < 4.78 is 69.5. The van der Waals surface area contributed by atoms with Crippen LogP contribution in [-0.2, 0) is 18.1 Å². The smallest absolute Gasteiger partial charge is 0.397 e. The summed E-state index contributed by atoms with van der Waals surface area (Å²) in [5, 5.41) is 0. The van der Waals surface area contributed by atoms with Gasteiger partial charge in [-0.1, -0.05) is 0 Å². The second kappa shape index (κ2) is 6.47. The van der Waals surface area contributed by atoms with Gasteiger partial charge in [-0.2, -0.15) is 17.6 Å². The molecular formula is C6H7F4O4P. The van der Waals surface area contributed by atoms with Gasteiger partial charge in [0.1, 0.15) is 0 Å². The van der Waals surface area contributed by atoms with Gasteiger partial charge in [0.05, 0.1) is 6.61 Å². The van der Waals surface area contributed by atoms with Gasteiger partial charge in [-0.15, -0.1) is 0 Å². The van der Waals surface area contributed by atoms with E-state index in [2.05, 4.69) is 13.6 Å². The molecule has 0 aliphatic rings. The Kier molecular flexibility index (Phi) is 6.03. The third-order valence-electron chi connectivity index (χ3n) is 0.829. The molecule has 0 spiro atoms. The van der Waals surface area contributed by atoms with Gasteiger partial charge in [0.2, 0.25) is 0 Å². The molecule has 0 aliphatic carbocycles. The predicted molar refractivity (Wildman–Crippen MR) is 42.0 cm³/mol. The minimum Gasteiger partial charge on any atom is -0.397 e. The Morgan fingerprint density at radius 1 is 1.13 bits per heavy atom. The molecule has 0 saturated heterocycles. The molecule has 0 aliphatic heterocycles. The minimum atomic E-state index is -4.44. The highest BCUT2D eigenvalue weighted by molar-refractivity contribution is 7.48. The SMILES string of the molecule is CCOP(=O)(OC=C(F)F)OC=C(F)F. The van der Waals surface area contributed by atoms with Crippen LogP contribution in [0.1, 0.15) is 6.92 Å². The molecule has 9 heteroatoms. The molecule has 0 N–H and O–H groups in total. The topological polar surface area (TPSA) is 44.8 Å². The minimum absolute atomic E-state index is 0.208. The first-order valence-electron chi connectivity index (χ1n) is 3.53. The van der Waals surface area contributed by atoms with Crippen LogP contribution >= 0.6 is 7.82 Å². The van der Waals surface area contributed by atoms with Gasteiger partial charge >= 0.3 is 20.0 Å². The van der Waals surface area contributed by atoms with E-state index in [0.29, 0.717) is 0 Å².